The number of hydrogen-bond donors (Lipinski definition) is 1. The Hall–Kier alpha value is -1.98. The van der Waals surface area contributed by atoms with Crippen LogP contribution >= 0.6 is 0 Å². The van der Waals surface area contributed by atoms with Gasteiger partial charge in [-0.2, -0.15) is 0 Å². The lowest BCUT2D eigenvalue weighted by atomic mass is 9.76. The number of alkyl halides is 2. The average molecular weight is 362 g/mol. The van der Waals surface area contributed by atoms with E-state index in [0.29, 0.717) is 25.1 Å². The minimum absolute atomic E-state index is 0.0148. The Labute approximate surface area is 151 Å². The van der Waals surface area contributed by atoms with Crippen molar-refractivity contribution in [1.82, 2.24) is 10.2 Å². The molecule has 0 bridgehead atoms. The highest BCUT2D eigenvalue weighted by atomic mass is 19.3. The van der Waals surface area contributed by atoms with Crippen LogP contribution in [0.2, 0.25) is 0 Å². The van der Waals surface area contributed by atoms with Gasteiger partial charge in [-0.05, 0) is 37.8 Å². The lowest BCUT2D eigenvalue weighted by Crippen LogP contribution is -2.57. The van der Waals surface area contributed by atoms with Crippen LogP contribution in [-0.4, -0.2) is 41.8 Å². The Morgan fingerprint density at radius 1 is 1.08 bits per heavy atom. The molecule has 0 radical (unpaired) electrons. The summed E-state index contributed by atoms with van der Waals surface area (Å²) in [5.41, 5.74) is 0.394. The number of likely N-dealkylation sites (tertiary alicyclic amines) is 1. The summed E-state index contributed by atoms with van der Waals surface area (Å²) in [6, 6.07) is 8.12. The fourth-order valence-electron chi connectivity index (χ4n) is 4.83. The zero-order valence-corrected chi connectivity index (χ0v) is 14.7. The molecule has 4 rings (SSSR count). The normalized spacial score (nSPS) is 32.5. The van der Waals surface area contributed by atoms with Gasteiger partial charge in [0.2, 0.25) is 5.91 Å². The summed E-state index contributed by atoms with van der Waals surface area (Å²) < 4.78 is 27.0. The van der Waals surface area contributed by atoms with Crippen molar-refractivity contribution in [2.45, 2.75) is 50.5 Å². The Bertz CT molecular complexity index is 709. The predicted octanol–water partition coefficient (Wildman–Crippen LogP) is 3.23. The van der Waals surface area contributed by atoms with Gasteiger partial charge in [0.15, 0.2) is 0 Å². The largest absolute Gasteiger partial charge is 0.347 e. The number of halogens is 2. The molecular weight excluding hydrogens is 338 g/mol. The van der Waals surface area contributed by atoms with E-state index in [-0.39, 0.29) is 29.6 Å². The standard InChI is InChI=1S/C20H24F2N2O2/c21-20(22)10-8-16(20)23-17(25)15-7-4-9-19(15)11-12-24(13-19)18(26)14-5-2-1-3-6-14/h1-3,5-6,15-16H,4,7-13H2,(H,23,25)/t15-,16+,19+/m0/s1. The summed E-state index contributed by atoms with van der Waals surface area (Å²) >= 11 is 0. The van der Waals surface area contributed by atoms with Crippen LogP contribution in [0.15, 0.2) is 30.3 Å². The third kappa shape index (κ3) is 2.89. The quantitative estimate of drug-likeness (QED) is 0.897. The minimum Gasteiger partial charge on any atom is -0.347 e. The van der Waals surface area contributed by atoms with Gasteiger partial charge in [0.25, 0.3) is 11.8 Å². The molecule has 6 heteroatoms. The maximum absolute atomic E-state index is 13.5. The van der Waals surface area contributed by atoms with E-state index in [9.17, 15) is 18.4 Å². The summed E-state index contributed by atoms with van der Waals surface area (Å²) in [5, 5.41) is 2.58. The first-order chi connectivity index (χ1) is 12.4. The molecule has 26 heavy (non-hydrogen) atoms. The SMILES string of the molecule is O=C(N[C@@H]1CCC1(F)F)[C@@H]1CCC[C@]12CCN(C(=O)c1ccccc1)C2. The van der Waals surface area contributed by atoms with Crippen LogP contribution in [0.25, 0.3) is 0 Å². The molecule has 0 unspecified atom stereocenters. The van der Waals surface area contributed by atoms with Crippen LogP contribution in [0.4, 0.5) is 8.78 Å². The van der Waals surface area contributed by atoms with Crippen LogP contribution in [0.5, 0.6) is 0 Å². The van der Waals surface area contributed by atoms with Crippen molar-refractivity contribution in [2.75, 3.05) is 13.1 Å². The predicted molar refractivity (Wildman–Crippen MR) is 92.8 cm³/mol. The van der Waals surface area contributed by atoms with E-state index >= 15 is 0 Å². The number of nitrogens with zero attached hydrogens (tertiary/aromatic N) is 1. The number of benzene rings is 1. The summed E-state index contributed by atoms with van der Waals surface area (Å²) in [5.74, 6) is -3.31. The highest BCUT2D eigenvalue weighted by Crippen LogP contribution is 2.50. The molecular formula is C20H24F2N2O2. The Balaban J connectivity index is 1.44. The molecule has 3 atom stereocenters. The molecule has 3 fully saturated rings. The molecule has 2 saturated carbocycles. The highest BCUT2D eigenvalue weighted by molar-refractivity contribution is 5.94. The fourth-order valence-corrected chi connectivity index (χ4v) is 4.83. The summed E-state index contributed by atoms with van der Waals surface area (Å²) in [7, 11) is 0. The third-order valence-corrected chi connectivity index (χ3v) is 6.51. The summed E-state index contributed by atoms with van der Waals surface area (Å²) in [4.78, 5) is 27.2. The number of amides is 2. The maximum Gasteiger partial charge on any atom is 0.267 e. The Morgan fingerprint density at radius 3 is 2.50 bits per heavy atom. The number of hydrogen-bond acceptors (Lipinski definition) is 2. The van der Waals surface area contributed by atoms with E-state index in [1.54, 1.807) is 12.1 Å². The third-order valence-electron chi connectivity index (χ3n) is 6.51. The average Bonchev–Trinajstić information content (AvgIpc) is 3.26. The first kappa shape index (κ1) is 17.4. The van der Waals surface area contributed by atoms with E-state index in [0.717, 1.165) is 25.7 Å². The first-order valence-corrected chi connectivity index (χ1v) is 9.44. The molecule has 3 aliphatic rings. The van der Waals surface area contributed by atoms with Crippen LogP contribution in [0, 0.1) is 11.3 Å². The van der Waals surface area contributed by atoms with Crippen LogP contribution < -0.4 is 5.32 Å². The zero-order chi connectivity index (χ0) is 18.4. The molecule has 2 amide bonds. The van der Waals surface area contributed by atoms with E-state index in [1.807, 2.05) is 23.1 Å². The van der Waals surface area contributed by atoms with Crippen molar-refractivity contribution in [2.24, 2.45) is 11.3 Å². The van der Waals surface area contributed by atoms with Crippen molar-refractivity contribution in [3.05, 3.63) is 35.9 Å². The van der Waals surface area contributed by atoms with Crippen molar-refractivity contribution in [3.63, 3.8) is 0 Å². The van der Waals surface area contributed by atoms with E-state index in [1.165, 1.54) is 0 Å². The van der Waals surface area contributed by atoms with Crippen LogP contribution in [-0.2, 0) is 4.79 Å². The molecule has 1 saturated heterocycles. The van der Waals surface area contributed by atoms with Crippen molar-refractivity contribution < 1.29 is 18.4 Å². The Kier molecular flexibility index (Phi) is 4.24. The van der Waals surface area contributed by atoms with E-state index in [2.05, 4.69) is 5.32 Å². The summed E-state index contributed by atoms with van der Waals surface area (Å²) in [6.45, 7) is 1.16. The minimum atomic E-state index is -2.77. The molecule has 0 aromatic heterocycles. The monoisotopic (exact) mass is 362 g/mol. The fraction of sp³-hybridized carbons (Fsp3) is 0.600. The van der Waals surface area contributed by atoms with Gasteiger partial charge in [-0.1, -0.05) is 24.6 Å². The van der Waals surface area contributed by atoms with Gasteiger partial charge in [0.1, 0.15) is 0 Å². The van der Waals surface area contributed by atoms with Crippen LogP contribution in [0.1, 0.15) is 48.9 Å². The number of nitrogens with one attached hydrogen (secondary N) is 1. The molecule has 1 spiro atoms. The van der Waals surface area contributed by atoms with E-state index in [4.69, 9.17) is 0 Å². The molecule has 1 aromatic rings. The highest BCUT2D eigenvalue weighted by Gasteiger charge is 2.54. The number of carbonyl (C=O) groups is 2. The van der Waals surface area contributed by atoms with Crippen molar-refractivity contribution >= 4 is 11.8 Å². The van der Waals surface area contributed by atoms with Crippen molar-refractivity contribution in [1.29, 1.82) is 0 Å². The van der Waals surface area contributed by atoms with Crippen LogP contribution in [0.3, 0.4) is 0 Å². The zero-order valence-electron chi connectivity index (χ0n) is 14.7. The molecule has 1 N–H and O–H groups in total. The number of carbonyl (C=O) groups excluding carboxylic acids is 2. The topological polar surface area (TPSA) is 49.4 Å². The second kappa shape index (κ2) is 6.32. The van der Waals surface area contributed by atoms with Gasteiger partial charge < -0.3 is 10.2 Å². The second-order valence-corrected chi connectivity index (χ2v) is 8.01. The van der Waals surface area contributed by atoms with Gasteiger partial charge in [0.05, 0.1) is 6.04 Å². The van der Waals surface area contributed by atoms with Crippen molar-refractivity contribution in [3.8, 4) is 0 Å². The van der Waals surface area contributed by atoms with Gasteiger partial charge in [-0.3, -0.25) is 9.59 Å². The maximum atomic E-state index is 13.5. The Morgan fingerprint density at radius 2 is 1.85 bits per heavy atom. The molecule has 1 heterocycles. The number of rotatable bonds is 3. The molecule has 2 aliphatic carbocycles. The lowest BCUT2D eigenvalue weighted by Gasteiger charge is -2.39. The molecule has 140 valence electrons. The first-order valence-electron chi connectivity index (χ1n) is 9.44. The smallest absolute Gasteiger partial charge is 0.267 e. The summed E-state index contributed by atoms with van der Waals surface area (Å²) in [6.07, 6.45) is 3.48. The van der Waals surface area contributed by atoms with Gasteiger partial charge in [-0.25, -0.2) is 8.78 Å². The van der Waals surface area contributed by atoms with Gasteiger partial charge >= 0.3 is 0 Å². The van der Waals surface area contributed by atoms with Gasteiger partial charge in [-0.15, -0.1) is 0 Å². The lowest BCUT2D eigenvalue weighted by molar-refractivity contribution is -0.142. The van der Waals surface area contributed by atoms with E-state index < -0.39 is 12.0 Å². The second-order valence-electron chi connectivity index (χ2n) is 8.01. The molecule has 4 nitrogen and oxygen atoms in total. The molecule has 1 aromatic carbocycles. The molecule has 1 aliphatic heterocycles. The van der Waals surface area contributed by atoms with Gasteiger partial charge in [0, 0.05) is 36.4 Å².